The topological polar surface area (TPSA) is 60.4 Å². The van der Waals surface area contributed by atoms with Crippen molar-refractivity contribution in [1.29, 1.82) is 0 Å². The van der Waals surface area contributed by atoms with Gasteiger partial charge in [-0.25, -0.2) is 8.42 Å². The molecular formula is C14H18O4S. The van der Waals surface area contributed by atoms with E-state index in [1.165, 1.54) is 0 Å². The Labute approximate surface area is 113 Å². The van der Waals surface area contributed by atoms with E-state index in [-0.39, 0.29) is 5.78 Å². The highest BCUT2D eigenvalue weighted by molar-refractivity contribution is 7.92. The number of carbonyl (C=O) groups is 1. The summed E-state index contributed by atoms with van der Waals surface area (Å²) in [6, 6.07) is 7.03. The Hall–Kier alpha value is -1.20. The van der Waals surface area contributed by atoms with E-state index in [4.69, 9.17) is 4.74 Å². The number of Topliss-reactive ketones (excluding diaryl/α,β-unsaturated/α-hetero) is 1. The maximum absolute atomic E-state index is 12.2. The summed E-state index contributed by atoms with van der Waals surface area (Å²) < 4.78 is 29.5. The largest absolute Gasteiger partial charge is 0.381 e. The zero-order valence-electron chi connectivity index (χ0n) is 11.0. The van der Waals surface area contributed by atoms with Gasteiger partial charge in [0.25, 0.3) is 0 Å². The van der Waals surface area contributed by atoms with Gasteiger partial charge < -0.3 is 4.74 Å². The van der Waals surface area contributed by atoms with Crippen molar-refractivity contribution in [3.63, 3.8) is 0 Å². The van der Waals surface area contributed by atoms with Gasteiger partial charge in [0.05, 0.1) is 5.25 Å². The second-order valence-corrected chi connectivity index (χ2v) is 7.19. The summed E-state index contributed by atoms with van der Waals surface area (Å²) in [5.41, 5.74) is 1.42. The zero-order chi connectivity index (χ0) is 13.9. The summed E-state index contributed by atoms with van der Waals surface area (Å²) in [6.07, 6.45) is 0.979. The van der Waals surface area contributed by atoms with Crippen LogP contribution in [0.15, 0.2) is 24.3 Å². The maximum Gasteiger partial charge on any atom is 0.177 e. The van der Waals surface area contributed by atoms with Crippen LogP contribution in [0.4, 0.5) is 0 Å². The standard InChI is InChI=1S/C14H18O4S/c1-11-3-2-4-12(9-11)14(15)10-19(16,17)13-5-7-18-8-6-13/h2-4,9,13H,5-8,10H2,1H3. The highest BCUT2D eigenvalue weighted by Gasteiger charge is 2.30. The van der Waals surface area contributed by atoms with Crippen molar-refractivity contribution < 1.29 is 17.9 Å². The first-order valence-electron chi connectivity index (χ1n) is 6.38. The molecular weight excluding hydrogens is 264 g/mol. The number of aryl methyl sites for hydroxylation is 1. The number of sulfone groups is 1. The van der Waals surface area contributed by atoms with Crippen molar-refractivity contribution in [3.05, 3.63) is 35.4 Å². The first-order chi connectivity index (χ1) is 8.99. The normalized spacial score (nSPS) is 17.3. The molecule has 1 aliphatic rings. The van der Waals surface area contributed by atoms with Crippen molar-refractivity contribution in [2.24, 2.45) is 0 Å². The van der Waals surface area contributed by atoms with Gasteiger partial charge in [-0.3, -0.25) is 4.79 Å². The Kier molecular flexibility index (Phi) is 4.37. The van der Waals surface area contributed by atoms with E-state index in [0.29, 0.717) is 31.6 Å². The minimum absolute atomic E-state index is 0.324. The van der Waals surface area contributed by atoms with E-state index in [0.717, 1.165) is 5.56 Å². The predicted molar refractivity (Wildman–Crippen MR) is 73.1 cm³/mol. The molecule has 19 heavy (non-hydrogen) atoms. The number of ketones is 1. The molecule has 0 aliphatic carbocycles. The van der Waals surface area contributed by atoms with Crippen LogP contribution in [0.2, 0.25) is 0 Å². The van der Waals surface area contributed by atoms with Gasteiger partial charge in [0.1, 0.15) is 5.75 Å². The van der Waals surface area contributed by atoms with Gasteiger partial charge in [-0.05, 0) is 25.8 Å². The molecule has 5 heteroatoms. The van der Waals surface area contributed by atoms with Crippen molar-refractivity contribution in [2.45, 2.75) is 25.0 Å². The van der Waals surface area contributed by atoms with Gasteiger partial charge in [0, 0.05) is 18.8 Å². The third-order valence-corrected chi connectivity index (χ3v) is 5.50. The lowest BCUT2D eigenvalue weighted by molar-refractivity contribution is 0.0971. The molecule has 0 bridgehead atoms. The molecule has 0 amide bonds. The van der Waals surface area contributed by atoms with E-state index in [2.05, 4.69) is 0 Å². The molecule has 2 rings (SSSR count). The summed E-state index contributed by atoms with van der Waals surface area (Å²) >= 11 is 0. The molecule has 0 aromatic heterocycles. The van der Waals surface area contributed by atoms with E-state index in [1.807, 2.05) is 13.0 Å². The molecule has 0 N–H and O–H groups in total. The fourth-order valence-corrected chi connectivity index (χ4v) is 3.92. The summed E-state index contributed by atoms with van der Waals surface area (Å²) in [5.74, 6) is -0.726. The lowest BCUT2D eigenvalue weighted by Gasteiger charge is -2.21. The van der Waals surface area contributed by atoms with Crippen LogP contribution >= 0.6 is 0 Å². The van der Waals surface area contributed by atoms with Gasteiger partial charge in [-0.15, -0.1) is 0 Å². The van der Waals surface area contributed by atoms with Crippen LogP contribution in [-0.4, -0.2) is 38.4 Å². The van der Waals surface area contributed by atoms with Crippen LogP contribution in [0.3, 0.4) is 0 Å². The van der Waals surface area contributed by atoms with Crippen LogP contribution in [-0.2, 0) is 14.6 Å². The summed E-state index contributed by atoms with van der Waals surface area (Å²) in [6.45, 7) is 2.80. The number of benzene rings is 1. The molecule has 1 heterocycles. The molecule has 0 saturated carbocycles. The number of hydrogen-bond donors (Lipinski definition) is 0. The number of carbonyl (C=O) groups excluding carboxylic acids is 1. The number of ether oxygens (including phenoxy) is 1. The molecule has 4 nitrogen and oxygen atoms in total. The highest BCUT2D eigenvalue weighted by atomic mass is 32.2. The van der Waals surface area contributed by atoms with Crippen molar-refractivity contribution in [3.8, 4) is 0 Å². The Morgan fingerprint density at radius 2 is 2.00 bits per heavy atom. The van der Waals surface area contributed by atoms with Gasteiger partial charge >= 0.3 is 0 Å². The number of rotatable bonds is 4. The Bertz CT molecular complexity index is 557. The van der Waals surface area contributed by atoms with Crippen molar-refractivity contribution >= 4 is 15.6 Å². The van der Waals surface area contributed by atoms with E-state index >= 15 is 0 Å². The van der Waals surface area contributed by atoms with Gasteiger partial charge in [-0.2, -0.15) is 0 Å². The molecule has 1 fully saturated rings. The summed E-state index contributed by atoms with van der Waals surface area (Å²) in [5, 5.41) is -0.435. The van der Waals surface area contributed by atoms with Crippen LogP contribution in [0.1, 0.15) is 28.8 Å². The Balaban J connectivity index is 2.09. The van der Waals surface area contributed by atoms with Gasteiger partial charge in [0.15, 0.2) is 15.6 Å². The van der Waals surface area contributed by atoms with Crippen LogP contribution in [0.25, 0.3) is 0 Å². The van der Waals surface area contributed by atoms with Crippen molar-refractivity contribution in [2.75, 3.05) is 19.0 Å². The minimum atomic E-state index is -3.37. The maximum atomic E-state index is 12.2. The van der Waals surface area contributed by atoms with Crippen molar-refractivity contribution in [1.82, 2.24) is 0 Å². The highest BCUT2D eigenvalue weighted by Crippen LogP contribution is 2.18. The van der Waals surface area contributed by atoms with Crippen LogP contribution in [0.5, 0.6) is 0 Å². The van der Waals surface area contributed by atoms with E-state index in [1.54, 1.807) is 18.2 Å². The zero-order valence-corrected chi connectivity index (χ0v) is 11.8. The fourth-order valence-electron chi connectivity index (χ4n) is 2.24. The van der Waals surface area contributed by atoms with Crippen LogP contribution in [0, 0.1) is 6.92 Å². The van der Waals surface area contributed by atoms with Gasteiger partial charge in [-0.1, -0.05) is 23.8 Å². The van der Waals surface area contributed by atoms with Crippen LogP contribution < -0.4 is 0 Å². The lowest BCUT2D eigenvalue weighted by Crippen LogP contribution is -2.33. The minimum Gasteiger partial charge on any atom is -0.381 e. The second kappa shape index (κ2) is 5.84. The molecule has 0 radical (unpaired) electrons. The first kappa shape index (κ1) is 14.2. The third-order valence-electron chi connectivity index (χ3n) is 3.35. The summed E-state index contributed by atoms with van der Waals surface area (Å²) in [7, 11) is -3.37. The SMILES string of the molecule is Cc1cccc(C(=O)CS(=O)(=O)C2CCOCC2)c1. The molecule has 1 aliphatic heterocycles. The quantitative estimate of drug-likeness (QED) is 0.790. The molecule has 1 aromatic rings. The van der Waals surface area contributed by atoms with Gasteiger partial charge in [0.2, 0.25) is 0 Å². The average molecular weight is 282 g/mol. The third kappa shape index (κ3) is 3.64. The fraction of sp³-hybridized carbons (Fsp3) is 0.500. The predicted octanol–water partition coefficient (Wildman–Crippen LogP) is 1.77. The molecule has 1 aromatic carbocycles. The van der Waals surface area contributed by atoms with E-state index < -0.39 is 20.8 Å². The first-order valence-corrected chi connectivity index (χ1v) is 8.10. The molecule has 0 spiro atoms. The Morgan fingerprint density at radius 3 is 2.63 bits per heavy atom. The molecule has 1 saturated heterocycles. The number of hydrogen-bond acceptors (Lipinski definition) is 4. The summed E-state index contributed by atoms with van der Waals surface area (Å²) in [4.78, 5) is 12.0. The average Bonchev–Trinajstić information content (AvgIpc) is 2.39. The Morgan fingerprint density at radius 1 is 1.32 bits per heavy atom. The smallest absolute Gasteiger partial charge is 0.177 e. The lowest BCUT2D eigenvalue weighted by atomic mass is 10.1. The molecule has 0 unspecified atom stereocenters. The molecule has 104 valence electrons. The monoisotopic (exact) mass is 282 g/mol. The molecule has 0 atom stereocenters. The van der Waals surface area contributed by atoms with E-state index in [9.17, 15) is 13.2 Å². The second-order valence-electron chi connectivity index (χ2n) is 4.91.